The van der Waals surface area contributed by atoms with Crippen LogP contribution in [-0.2, 0) is 9.53 Å². The van der Waals surface area contributed by atoms with E-state index >= 15 is 0 Å². The molecule has 5 nitrogen and oxygen atoms in total. The molecule has 0 fully saturated rings. The summed E-state index contributed by atoms with van der Waals surface area (Å²) in [6.07, 6.45) is -0.615. The molecule has 1 atom stereocenters. The van der Waals surface area contributed by atoms with Gasteiger partial charge in [0.1, 0.15) is 15.8 Å². The summed E-state index contributed by atoms with van der Waals surface area (Å²) in [5.74, 6) is -1.38. The standard InChI is InChI=1S/C12H13Cl2FN2O3/c1-5(19-4)6(2)20-12-9(14)10(16-7(3)18)8(13)11(15)17-12/h6H,1H2,2-4H3,(H,16,17,18)/t6-/m1/s1. The molecule has 1 N–H and O–H groups in total. The fraction of sp³-hybridized carbons (Fsp3) is 0.333. The number of nitrogens with one attached hydrogen (secondary N) is 1. The first-order valence-electron chi connectivity index (χ1n) is 5.49. The number of hydrogen-bond donors (Lipinski definition) is 1. The molecule has 0 saturated heterocycles. The van der Waals surface area contributed by atoms with Gasteiger partial charge < -0.3 is 14.8 Å². The first-order chi connectivity index (χ1) is 9.27. The summed E-state index contributed by atoms with van der Waals surface area (Å²) in [7, 11) is 1.42. The van der Waals surface area contributed by atoms with Crippen molar-refractivity contribution in [2.24, 2.45) is 0 Å². The van der Waals surface area contributed by atoms with Gasteiger partial charge in [-0.2, -0.15) is 9.37 Å². The van der Waals surface area contributed by atoms with Crippen LogP contribution in [0.15, 0.2) is 12.3 Å². The number of nitrogens with zero attached hydrogens (tertiary/aromatic N) is 1. The van der Waals surface area contributed by atoms with E-state index in [-0.39, 0.29) is 16.6 Å². The van der Waals surface area contributed by atoms with Crippen LogP contribution in [0.1, 0.15) is 13.8 Å². The third kappa shape index (κ3) is 3.74. The van der Waals surface area contributed by atoms with Crippen LogP contribution >= 0.6 is 23.2 Å². The van der Waals surface area contributed by atoms with Crippen molar-refractivity contribution in [3.05, 3.63) is 28.3 Å². The number of amides is 1. The number of methoxy groups -OCH3 is 1. The molecule has 0 saturated carbocycles. The highest BCUT2D eigenvalue weighted by Crippen LogP contribution is 2.38. The van der Waals surface area contributed by atoms with E-state index in [0.717, 1.165) is 0 Å². The maximum atomic E-state index is 13.6. The number of hydrogen-bond acceptors (Lipinski definition) is 4. The predicted molar refractivity (Wildman–Crippen MR) is 74.8 cm³/mol. The summed E-state index contributed by atoms with van der Waals surface area (Å²) < 4.78 is 23.8. The lowest BCUT2D eigenvalue weighted by atomic mass is 10.3. The molecule has 0 spiro atoms. The fourth-order valence-corrected chi connectivity index (χ4v) is 1.72. The number of halogens is 3. The van der Waals surface area contributed by atoms with Gasteiger partial charge in [-0.25, -0.2) is 0 Å². The highest BCUT2D eigenvalue weighted by molar-refractivity contribution is 6.40. The summed E-state index contributed by atoms with van der Waals surface area (Å²) in [5, 5.41) is 1.82. The minimum Gasteiger partial charge on any atom is -0.498 e. The molecule has 0 aliphatic heterocycles. The smallest absolute Gasteiger partial charge is 0.238 e. The van der Waals surface area contributed by atoms with Crippen LogP contribution in [0.3, 0.4) is 0 Å². The maximum absolute atomic E-state index is 13.6. The fourth-order valence-electron chi connectivity index (χ4n) is 1.26. The Labute approximate surface area is 125 Å². The molecule has 0 unspecified atom stereocenters. The Morgan fingerprint density at radius 1 is 1.45 bits per heavy atom. The first kappa shape index (κ1) is 16.5. The van der Waals surface area contributed by atoms with Crippen LogP contribution in [0, 0.1) is 5.95 Å². The molecule has 8 heteroatoms. The highest BCUT2D eigenvalue weighted by Gasteiger charge is 2.21. The van der Waals surface area contributed by atoms with Gasteiger partial charge in [0.05, 0.1) is 12.8 Å². The number of anilines is 1. The Morgan fingerprint density at radius 2 is 2.05 bits per heavy atom. The van der Waals surface area contributed by atoms with Crippen molar-refractivity contribution in [1.29, 1.82) is 0 Å². The summed E-state index contributed by atoms with van der Waals surface area (Å²) in [6.45, 7) is 6.46. The Kier molecular flexibility index (Phi) is 5.59. The van der Waals surface area contributed by atoms with E-state index in [2.05, 4.69) is 16.9 Å². The zero-order valence-electron chi connectivity index (χ0n) is 11.1. The summed E-state index contributed by atoms with van der Waals surface area (Å²) in [6, 6.07) is 0. The molecule has 0 aliphatic rings. The van der Waals surface area contributed by atoms with E-state index in [4.69, 9.17) is 32.7 Å². The van der Waals surface area contributed by atoms with Crippen molar-refractivity contribution >= 4 is 34.8 Å². The van der Waals surface area contributed by atoms with Gasteiger partial charge in [0.15, 0.2) is 6.10 Å². The van der Waals surface area contributed by atoms with Crippen LogP contribution < -0.4 is 10.1 Å². The second-order valence-electron chi connectivity index (χ2n) is 3.82. The molecule has 20 heavy (non-hydrogen) atoms. The molecule has 1 heterocycles. The van der Waals surface area contributed by atoms with Crippen molar-refractivity contribution in [2.45, 2.75) is 20.0 Å². The van der Waals surface area contributed by atoms with Crippen molar-refractivity contribution in [3.8, 4) is 5.88 Å². The quantitative estimate of drug-likeness (QED) is 0.666. The molecule has 1 amide bonds. The first-order valence-corrected chi connectivity index (χ1v) is 6.25. The van der Waals surface area contributed by atoms with Gasteiger partial charge in [-0.1, -0.05) is 29.8 Å². The van der Waals surface area contributed by atoms with Gasteiger partial charge >= 0.3 is 0 Å². The van der Waals surface area contributed by atoms with Crippen molar-refractivity contribution in [3.63, 3.8) is 0 Å². The van der Waals surface area contributed by atoms with Crippen molar-refractivity contribution in [2.75, 3.05) is 12.4 Å². The highest BCUT2D eigenvalue weighted by atomic mass is 35.5. The van der Waals surface area contributed by atoms with Gasteiger partial charge in [0.25, 0.3) is 0 Å². The molecular formula is C12H13Cl2FN2O3. The van der Waals surface area contributed by atoms with E-state index in [1.54, 1.807) is 6.92 Å². The van der Waals surface area contributed by atoms with Crippen LogP contribution in [0.2, 0.25) is 10.0 Å². The molecular weight excluding hydrogens is 310 g/mol. The number of carbonyl (C=O) groups is 1. The minimum atomic E-state index is -1.01. The molecule has 110 valence electrons. The Bertz CT molecular complexity index is 552. The third-order valence-corrected chi connectivity index (χ3v) is 3.01. The molecule has 0 radical (unpaired) electrons. The number of pyridine rings is 1. The van der Waals surface area contributed by atoms with Crippen LogP contribution in [0.25, 0.3) is 0 Å². The zero-order chi connectivity index (χ0) is 15.4. The number of ether oxygens (including phenoxy) is 2. The monoisotopic (exact) mass is 322 g/mol. The molecule has 0 aliphatic carbocycles. The lowest BCUT2D eigenvalue weighted by molar-refractivity contribution is -0.114. The molecule has 1 rings (SSSR count). The molecule has 0 bridgehead atoms. The van der Waals surface area contributed by atoms with E-state index in [0.29, 0.717) is 5.76 Å². The predicted octanol–water partition coefficient (Wildman–Crippen LogP) is 3.41. The van der Waals surface area contributed by atoms with Gasteiger partial charge in [-0.05, 0) is 6.92 Å². The second kappa shape index (κ2) is 6.76. The molecule has 0 aromatic carbocycles. The van der Waals surface area contributed by atoms with E-state index in [1.807, 2.05) is 0 Å². The Balaban J connectivity index is 3.18. The average Bonchev–Trinajstić information content (AvgIpc) is 2.39. The molecule has 1 aromatic heterocycles. The van der Waals surface area contributed by atoms with Crippen molar-refractivity contribution in [1.82, 2.24) is 4.98 Å². The number of rotatable bonds is 5. The van der Waals surface area contributed by atoms with Crippen LogP contribution in [0.4, 0.5) is 10.1 Å². The van der Waals surface area contributed by atoms with Gasteiger partial charge in [-0.3, -0.25) is 4.79 Å². The Hall–Kier alpha value is -1.53. The van der Waals surface area contributed by atoms with Crippen LogP contribution in [0.5, 0.6) is 5.88 Å². The van der Waals surface area contributed by atoms with Crippen molar-refractivity contribution < 1.29 is 18.7 Å². The van der Waals surface area contributed by atoms with E-state index < -0.39 is 23.0 Å². The lowest BCUT2D eigenvalue weighted by Gasteiger charge is -2.18. The normalized spacial score (nSPS) is 11.7. The lowest BCUT2D eigenvalue weighted by Crippen LogP contribution is -2.17. The summed E-state index contributed by atoms with van der Waals surface area (Å²) in [5.41, 5.74) is -0.0986. The SMILES string of the molecule is C=C(OC)[C@@H](C)Oc1nc(F)c(Cl)c(NC(C)=O)c1Cl. The average molecular weight is 323 g/mol. The van der Waals surface area contributed by atoms with Gasteiger partial charge in [-0.15, -0.1) is 0 Å². The van der Waals surface area contributed by atoms with Gasteiger partial charge in [0.2, 0.25) is 17.7 Å². The topological polar surface area (TPSA) is 60.5 Å². The van der Waals surface area contributed by atoms with Gasteiger partial charge in [0, 0.05) is 6.92 Å². The minimum absolute atomic E-state index is 0.0986. The Morgan fingerprint density at radius 3 is 2.55 bits per heavy atom. The zero-order valence-corrected chi connectivity index (χ0v) is 12.6. The largest absolute Gasteiger partial charge is 0.498 e. The van der Waals surface area contributed by atoms with E-state index in [1.165, 1.54) is 14.0 Å². The molecule has 1 aromatic rings. The second-order valence-corrected chi connectivity index (χ2v) is 4.58. The van der Waals surface area contributed by atoms with E-state index in [9.17, 15) is 9.18 Å². The maximum Gasteiger partial charge on any atom is 0.238 e. The number of carbonyl (C=O) groups excluding carboxylic acids is 1. The summed E-state index contributed by atoms with van der Waals surface area (Å²) in [4.78, 5) is 14.6. The van der Waals surface area contributed by atoms with Crippen LogP contribution in [-0.4, -0.2) is 24.1 Å². The third-order valence-electron chi connectivity index (χ3n) is 2.31. The number of aromatic nitrogens is 1. The summed E-state index contributed by atoms with van der Waals surface area (Å²) >= 11 is 11.7.